The van der Waals surface area contributed by atoms with Gasteiger partial charge >= 0.3 is 19.0 Å². The molecule has 40 heavy (non-hydrogen) atoms. The monoisotopic (exact) mass is 616 g/mol. The average molecular weight is 617 g/mol. The van der Waals surface area contributed by atoms with Crippen molar-refractivity contribution in [2.24, 2.45) is 0 Å². The zero-order chi connectivity index (χ0) is 29.6. The highest BCUT2D eigenvalue weighted by Crippen LogP contribution is 2.32. The van der Waals surface area contributed by atoms with Crippen LogP contribution in [0.25, 0.3) is 0 Å². The molecule has 0 unspecified atom stereocenters. The molecule has 4 amide bonds. The Balaban J connectivity index is 1.84. The fourth-order valence-electron chi connectivity index (χ4n) is 3.27. The maximum atomic E-state index is 13.6. The van der Waals surface area contributed by atoms with E-state index < -0.39 is 66.6 Å². The SMILES string of the molecule is O=C(NC[C@H](NC(=O)C(F)(F)C(F)F)C(=O)Nc1ccc(N2CCOCC2=O)cc1OC(F)F)c1ccc(Cl)s1. The summed E-state index contributed by atoms with van der Waals surface area (Å²) in [5, 5.41) is 5.66. The van der Waals surface area contributed by atoms with Crippen LogP contribution in [0.15, 0.2) is 30.3 Å². The van der Waals surface area contributed by atoms with Crippen molar-refractivity contribution >= 4 is 57.9 Å². The van der Waals surface area contributed by atoms with Gasteiger partial charge in [-0.05, 0) is 24.3 Å². The second-order valence-electron chi connectivity index (χ2n) is 7.91. The van der Waals surface area contributed by atoms with Crippen LogP contribution in [0.2, 0.25) is 4.34 Å². The summed E-state index contributed by atoms with van der Waals surface area (Å²) in [5.74, 6) is -11.1. The zero-order valence-electron chi connectivity index (χ0n) is 19.9. The van der Waals surface area contributed by atoms with E-state index in [9.17, 15) is 45.5 Å². The van der Waals surface area contributed by atoms with Crippen LogP contribution in [0.1, 0.15) is 9.67 Å². The summed E-state index contributed by atoms with van der Waals surface area (Å²) in [7, 11) is 0. The van der Waals surface area contributed by atoms with Crippen LogP contribution in [0.5, 0.6) is 5.75 Å². The Morgan fingerprint density at radius 1 is 1.15 bits per heavy atom. The predicted molar refractivity (Wildman–Crippen MR) is 129 cm³/mol. The number of hydrogen-bond donors (Lipinski definition) is 3. The summed E-state index contributed by atoms with van der Waals surface area (Å²) in [6.07, 6.45) is -4.42. The maximum absolute atomic E-state index is 13.6. The fraction of sp³-hybridized carbons (Fsp3) is 0.364. The van der Waals surface area contributed by atoms with Crippen molar-refractivity contribution in [1.29, 1.82) is 0 Å². The third-order valence-electron chi connectivity index (χ3n) is 5.20. The molecule has 1 atom stereocenters. The van der Waals surface area contributed by atoms with Gasteiger partial charge in [0.1, 0.15) is 12.6 Å². The number of rotatable bonds is 11. The molecule has 1 aliphatic heterocycles. The molecule has 218 valence electrons. The third-order valence-corrected chi connectivity index (χ3v) is 6.43. The average Bonchev–Trinajstić information content (AvgIpc) is 3.33. The van der Waals surface area contributed by atoms with Crippen LogP contribution in [-0.2, 0) is 19.1 Å². The van der Waals surface area contributed by atoms with Crippen molar-refractivity contribution in [3.8, 4) is 5.75 Å². The number of nitrogens with one attached hydrogen (secondary N) is 3. The number of nitrogens with zero attached hydrogens (tertiary/aromatic N) is 1. The van der Waals surface area contributed by atoms with E-state index in [-0.39, 0.29) is 34.7 Å². The molecule has 1 aromatic carbocycles. The largest absolute Gasteiger partial charge is 0.433 e. The number of halogens is 7. The lowest BCUT2D eigenvalue weighted by Gasteiger charge is -2.27. The number of carbonyl (C=O) groups excluding carboxylic acids is 4. The molecule has 1 saturated heterocycles. The Bertz CT molecular complexity index is 1270. The van der Waals surface area contributed by atoms with Crippen LogP contribution in [0, 0.1) is 0 Å². The number of alkyl halides is 6. The normalized spacial score (nSPS) is 14.7. The highest BCUT2D eigenvalue weighted by molar-refractivity contribution is 7.18. The molecule has 0 bridgehead atoms. The van der Waals surface area contributed by atoms with Crippen molar-refractivity contribution in [3.05, 3.63) is 39.5 Å². The van der Waals surface area contributed by atoms with Crippen LogP contribution in [0.4, 0.5) is 37.7 Å². The summed E-state index contributed by atoms with van der Waals surface area (Å²) >= 11 is 6.57. The number of thiophene rings is 1. The second-order valence-corrected chi connectivity index (χ2v) is 9.62. The maximum Gasteiger partial charge on any atom is 0.387 e. The number of ether oxygens (including phenoxy) is 2. The van der Waals surface area contributed by atoms with Gasteiger partial charge in [0.05, 0.1) is 21.5 Å². The van der Waals surface area contributed by atoms with Crippen molar-refractivity contribution in [2.75, 3.05) is 36.5 Å². The van der Waals surface area contributed by atoms with E-state index in [4.69, 9.17) is 16.3 Å². The molecule has 0 radical (unpaired) electrons. The molecule has 1 aromatic heterocycles. The molecule has 18 heteroatoms. The quantitative estimate of drug-likeness (QED) is 0.333. The van der Waals surface area contributed by atoms with Crippen molar-refractivity contribution in [3.63, 3.8) is 0 Å². The topological polar surface area (TPSA) is 126 Å². The highest BCUT2D eigenvalue weighted by Gasteiger charge is 2.50. The Morgan fingerprint density at radius 2 is 1.88 bits per heavy atom. The molecule has 10 nitrogen and oxygen atoms in total. The number of benzene rings is 1. The summed E-state index contributed by atoms with van der Waals surface area (Å²) in [6, 6.07) is 3.87. The van der Waals surface area contributed by atoms with E-state index in [1.54, 1.807) is 0 Å². The summed E-state index contributed by atoms with van der Waals surface area (Å²) in [4.78, 5) is 50.4. The van der Waals surface area contributed by atoms with E-state index in [0.717, 1.165) is 23.5 Å². The molecular formula is C22H19ClF6N4O6S. The third kappa shape index (κ3) is 7.76. The summed E-state index contributed by atoms with van der Waals surface area (Å²) in [6.45, 7) is -4.30. The minimum Gasteiger partial charge on any atom is -0.433 e. The van der Waals surface area contributed by atoms with Crippen molar-refractivity contribution in [2.45, 2.75) is 25.0 Å². The molecule has 1 fully saturated rings. The number of amides is 4. The number of carbonyl (C=O) groups is 4. The molecular weight excluding hydrogens is 598 g/mol. The first kappa shape index (κ1) is 31.0. The minimum atomic E-state index is -5.19. The number of hydrogen-bond acceptors (Lipinski definition) is 7. The minimum absolute atomic E-state index is 0.0364. The Hall–Kier alpha value is -3.57. The van der Waals surface area contributed by atoms with Crippen LogP contribution < -0.4 is 25.6 Å². The first-order chi connectivity index (χ1) is 18.8. The molecule has 3 N–H and O–H groups in total. The number of morpholine rings is 1. The lowest BCUT2D eigenvalue weighted by Crippen LogP contribution is -2.56. The Kier molecular flexibility index (Phi) is 10.2. The van der Waals surface area contributed by atoms with Crippen LogP contribution in [0.3, 0.4) is 0 Å². The van der Waals surface area contributed by atoms with E-state index >= 15 is 0 Å². The standard InChI is InChI=1S/C22H19ClF6N4O6S/c23-15-4-3-14(40-15)18(36)30-8-12(32-20(37)22(28,29)19(24)25)17(35)31-11-2-1-10(7-13(11)39-21(26)27)33-5-6-38-9-16(33)34/h1-4,7,12,19,21H,5-6,8-9H2,(H,30,36)(H,31,35)(H,32,37)/t12-/m0/s1. The van der Waals surface area contributed by atoms with E-state index in [1.807, 2.05) is 0 Å². The van der Waals surface area contributed by atoms with E-state index in [0.29, 0.717) is 0 Å². The highest BCUT2D eigenvalue weighted by atomic mass is 35.5. The fourth-order valence-corrected chi connectivity index (χ4v) is 4.23. The summed E-state index contributed by atoms with van der Waals surface area (Å²) < 4.78 is 88.3. The van der Waals surface area contributed by atoms with E-state index in [2.05, 4.69) is 15.4 Å². The zero-order valence-corrected chi connectivity index (χ0v) is 21.5. The van der Waals surface area contributed by atoms with Gasteiger partial charge < -0.3 is 30.3 Å². The predicted octanol–water partition coefficient (Wildman–Crippen LogP) is 3.12. The van der Waals surface area contributed by atoms with Gasteiger partial charge in [-0.2, -0.15) is 17.6 Å². The Labute approximate surface area is 230 Å². The molecule has 1 aliphatic rings. The lowest BCUT2D eigenvalue weighted by molar-refractivity contribution is -0.170. The molecule has 2 aromatic rings. The number of anilines is 2. The van der Waals surface area contributed by atoms with Gasteiger partial charge in [-0.15, -0.1) is 11.3 Å². The Morgan fingerprint density at radius 3 is 2.48 bits per heavy atom. The van der Waals surface area contributed by atoms with E-state index in [1.165, 1.54) is 28.4 Å². The van der Waals surface area contributed by atoms with Gasteiger partial charge in [0, 0.05) is 24.8 Å². The van der Waals surface area contributed by atoms with Gasteiger partial charge in [0.2, 0.25) is 5.91 Å². The van der Waals surface area contributed by atoms with Crippen molar-refractivity contribution < 1.29 is 55.0 Å². The van der Waals surface area contributed by atoms with Gasteiger partial charge in [-0.1, -0.05) is 11.6 Å². The van der Waals surface area contributed by atoms with Gasteiger partial charge in [-0.3, -0.25) is 19.2 Å². The van der Waals surface area contributed by atoms with Gasteiger partial charge in [0.15, 0.2) is 5.75 Å². The first-order valence-electron chi connectivity index (χ1n) is 11.1. The molecule has 3 rings (SSSR count). The van der Waals surface area contributed by atoms with Crippen LogP contribution >= 0.6 is 22.9 Å². The second kappa shape index (κ2) is 13.2. The molecule has 0 spiro atoms. The van der Waals surface area contributed by atoms with Gasteiger partial charge in [-0.25, -0.2) is 8.78 Å². The van der Waals surface area contributed by atoms with Crippen molar-refractivity contribution in [1.82, 2.24) is 10.6 Å². The summed E-state index contributed by atoms with van der Waals surface area (Å²) in [5.41, 5.74) is -0.351. The lowest BCUT2D eigenvalue weighted by atomic mass is 10.2. The molecule has 0 aliphatic carbocycles. The molecule has 2 heterocycles. The first-order valence-corrected chi connectivity index (χ1v) is 12.3. The van der Waals surface area contributed by atoms with Crippen LogP contribution in [-0.4, -0.2) is 74.9 Å². The smallest absolute Gasteiger partial charge is 0.387 e. The molecule has 0 saturated carbocycles. The van der Waals surface area contributed by atoms with Gasteiger partial charge in [0.25, 0.3) is 17.7 Å².